The van der Waals surface area contributed by atoms with Crippen LogP contribution in [0.1, 0.15) is 5.56 Å². The number of benzene rings is 1. The van der Waals surface area contributed by atoms with Crippen LogP contribution >= 0.6 is 15.9 Å². The molecular weight excluding hydrogens is 254 g/mol. The number of nitrogens with zero attached hydrogens (tertiary/aromatic N) is 1. The Bertz CT molecular complexity index is 367. The Labute approximate surface area is 88.6 Å². The van der Waals surface area contributed by atoms with Crippen molar-refractivity contribution in [3.8, 4) is 5.75 Å². The predicted octanol–water partition coefficient (Wildman–Crippen LogP) is 1.86. The molecule has 1 aromatic rings. The minimum atomic E-state index is -0.546. The van der Waals surface area contributed by atoms with Crippen LogP contribution in [-0.4, -0.2) is 17.1 Å². The Morgan fingerprint density at radius 2 is 2.29 bits per heavy atom. The van der Waals surface area contributed by atoms with Crippen molar-refractivity contribution in [1.29, 1.82) is 0 Å². The summed E-state index contributed by atoms with van der Waals surface area (Å²) in [6.07, 6.45) is 0. The highest BCUT2D eigenvalue weighted by Crippen LogP contribution is 2.32. The van der Waals surface area contributed by atoms with Crippen molar-refractivity contribution in [3.63, 3.8) is 0 Å². The first-order chi connectivity index (χ1) is 6.60. The lowest BCUT2D eigenvalue weighted by Crippen LogP contribution is -1.97. The van der Waals surface area contributed by atoms with Crippen LogP contribution in [0.4, 0.5) is 5.69 Å². The summed E-state index contributed by atoms with van der Waals surface area (Å²) in [5, 5.41) is 19.5. The van der Waals surface area contributed by atoms with E-state index in [1.807, 2.05) is 0 Å². The zero-order chi connectivity index (χ0) is 10.7. The van der Waals surface area contributed by atoms with Gasteiger partial charge in [-0.3, -0.25) is 10.1 Å². The number of halogens is 1. The van der Waals surface area contributed by atoms with Gasteiger partial charge in [0.1, 0.15) is 5.75 Å². The summed E-state index contributed by atoms with van der Waals surface area (Å²) in [4.78, 5) is 10.0. The van der Waals surface area contributed by atoms with Crippen molar-refractivity contribution in [2.75, 3.05) is 7.11 Å². The highest BCUT2D eigenvalue weighted by molar-refractivity contribution is 9.10. The molecule has 0 aliphatic heterocycles. The van der Waals surface area contributed by atoms with Gasteiger partial charge in [-0.1, -0.05) is 0 Å². The van der Waals surface area contributed by atoms with Gasteiger partial charge in [0.2, 0.25) is 0 Å². The lowest BCUT2D eigenvalue weighted by atomic mass is 10.2. The van der Waals surface area contributed by atoms with Crippen molar-refractivity contribution in [3.05, 3.63) is 32.3 Å². The molecule has 1 rings (SSSR count). The van der Waals surface area contributed by atoms with E-state index in [9.17, 15) is 10.1 Å². The third kappa shape index (κ3) is 2.02. The molecule has 5 nitrogen and oxygen atoms in total. The molecule has 14 heavy (non-hydrogen) atoms. The quantitative estimate of drug-likeness (QED) is 0.666. The lowest BCUT2D eigenvalue weighted by molar-refractivity contribution is -0.385. The van der Waals surface area contributed by atoms with Crippen LogP contribution in [0, 0.1) is 10.1 Å². The van der Waals surface area contributed by atoms with Crippen LogP contribution in [0.15, 0.2) is 16.6 Å². The van der Waals surface area contributed by atoms with Gasteiger partial charge in [0.15, 0.2) is 0 Å². The highest BCUT2D eigenvalue weighted by Gasteiger charge is 2.16. The average Bonchev–Trinajstić information content (AvgIpc) is 2.17. The van der Waals surface area contributed by atoms with E-state index < -0.39 is 4.92 Å². The SMILES string of the molecule is COc1cc(CO)c([N+](=O)[O-])cc1Br. The monoisotopic (exact) mass is 261 g/mol. The molecule has 1 N–H and O–H groups in total. The minimum absolute atomic E-state index is 0.125. The third-order valence-electron chi connectivity index (χ3n) is 1.72. The first-order valence-corrected chi connectivity index (χ1v) is 4.51. The number of nitro benzene ring substituents is 1. The van der Waals surface area contributed by atoms with Crippen molar-refractivity contribution in [1.82, 2.24) is 0 Å². The van der Waals surface area contributed by atoms with E-state index in [0.29, 0.717) is 10.2 Å². The molecule has 76 valence electrons. The molecule has 0 saturated heterocycles. The fourth-order valence-electron chi connectivity index (χ4n) is 1.04. The molecule has 6 heteroatoms. The zero-order valence-corrected chi connectivity index (χ0v) is 8.94. The molecule has 0 heterocycles. The van der Waals surface area contributed by atoms with E-state index in [4.69, 9.17) is 9.84 Å². The second-order valence-corrected chi connectivity index (χ2v) is 3.39. The van der Waals surface area contributed by atoms with Crippen molar-refractivity contribution in [2.24, 2.45) is 0 Å². The van der Waals surface area contributed by atoms with E-state index >= 15 is 0 Å². The Morgan fingerprint density at radius 1 is 1.64 bits per heavy atom. The van der Waals surface area contributed by atoms with Crippen LogP contribution in [0.3, 0.4) is 0 Å². The Kier molecular flexibility index (Phi) is 3.43. The van der Waals surface area contributed by atoms with Crippen LogP contribution in [0.25, 0.3) is 0 Å². The van der Waals surface area contributed by atoms with E-state index in [0.717, 1.165) is 0 Å². The van der Waals surface area contributed by atoms with Crippen LogP contribution in [-0.2, 0) is 6.61 Å². The highest BCUT2D eigenvalue weighted by atomic mass is 79.9. The maximum Gasteiger partial charge on any atom is 0.276 e. The topological polar surface area (TPSA) is 72.6 Å². The molecule has 0 saturated carbocycles. The van der Waals surface area contributed by atoms with Gasteiger partial charge < -0.3 is 9.84 Å². The van der Waals surface area contributed by atoms with Gasteiger partial charge in [-0.15, -0.1) is 0 Å². The molecular formula is C8H8BrNO4. The molecule has 0 bridgehead atoms. The molecule has 0 aliphatic rings. The Morgan fingerprint density at radius 3 is 2.71 bits per heavy atom. The van der Waals surface area contributed by atoms with E-state index in [-0.39, 0.29) is 17.9 Å². The number of methoxy groups -OCH3 is 1. The Balaban J connectivity index is 3.31. The lowest BCUT2D eigenvalue weighted by Gasteiger charge is -2.05. The van der Waals surface area contributed by atoms with E-state index in [1.54, 1.807) is 0 Å². The largest absolute Gasteiger partial charge is 0.496 e. The maximum absolute atomic E-state index is 10.6. The zero-order valence-electron chi connectivity index (χ0n) is 7.36. The normalized spacial score (nSPS) is 9.93. The molecule has 0 spiro atoms. The summed E-state index contributed by atoms with van der Waals surface area (Å²) < 4.78 is 5.43. The van der Waals surface area contributed by atoms with Crippen molar-refractivity contribution in [2.45, 2.75) is 6.61 Å². The van der Waals surface area contributed by atoms with Gasteiger partial charge in [0, 0.05) is 6.07 Å². The second-order valence-electron chi connectivity index (χ2n) is 2.53. The number of aliphatic hydroxyl groups excluding tert-OH is 1. The van der Waals surface area contributed by atoms with Gasteiger partial charge in [-0.25, -0.2) is 0 Å². The molecule has 0 atom stereocenters. The smallest absolute Gasteiger partial charge is 0.276 e. The average molecular weight is 262 g/mol. The minimum Gasteiger partial charge on any atom is -0.496 e. The maximum atomic E-state index is 10.6. The molecule has 0 amide bonds. The summed E-state index contributed by atoms with van der Waals surface area (Å²) >= 11 is 3.13. The van der Waals surface area contributed by atoms with Crippen LogP contribution in [0.2, 0.25) is 0 Å². The van der Waals surface area contributed by atoms with Gasteiger partial charge in [-0.2, -0.15) is 0 Å². The van der Waals surface area contributed by atoms with Gasteiger partial charge in [-0.05, 0) is 22.0 Å². The van der Waals surface area contributed by atoms with Crippen molar-refractivity contribution >= 4 is 21.6 Å². The summed E-state index contributed by atoms with van der Waals surface area (Å²) in [6, 6.07) is 2.74. The first kappa shape index (κ1) is 10.9. The number of hydrogen-bond donors (Lipinski definition) is 1. The summed E-state index contributed by atoms with van der Waals surface area (Å²) in [5.41, 5.74) is 0.107. The molecule has 0 fully saturated rings. The Hall–Kier alpha value is -1.14. The first-order valence-electron chi connectivity index (χ1n) is 3.71. The number of rotatable bonds is 3. The summed E-state index contributed by atoms with van der Waals surface area (Å²) in [5.74, 6) is 0.458. The molecule has 0 radical (unpaired) electrons. The van der Waals surface area contributed by atoms with Gasteiger partial charge in [0.05, 0.1) is 28.7 Å². The third-order valence-corrected chi connectivity index (χ3v) is 2.34. The van der Waals surface area contributed by atoms with Gasteiger partial charge >= 0.3 is 0 Å². The van der Waals surface area contributed by atoms with E-state index in [1.165, 1.54) is 19.2 Å². The summed E-state index contributed by atoms with van der Waals surface area (Å²) in [6.45, 7) is -0.389. The standard InChI is InChI=1S/C8H8BrNO4/c1-14-8-2-5(4-11)7(10(12)13)3-6(8)9/h2-3,11H,4H2,1H3. The van der Waals surface area contributed by atoms with Crippen molar-refractivity contribution < 1.29 is 14.8 Å². The summed E-state index contributed by atoms with van der Waals surface area (Å²) in [7, 11) is 1.45. The molecule has 0 aliphatic carbocycles. The number of ether oxygens (including phenoxy) is 1. The number of nitro groups is 1. The molecule has 0 aromatic heterocycles. The fraction of sp³-hybridized carbons (Fsp3) is 0.250. The van der Waals surface area contributed by atoms with Gasteiger partial charge in [0.25, 0.3) is 5.69 Å². The molecule has 1 aromatic carbocycles. The van der Waals surface area contributed by atoms with E-state index in [2.05, 4.69) is 15.9 Å². The predicted molar refractivity (Wildman–Crippen MR) is 53.3 cm³/mol. The van der Waals surface area contributed by atoms with Crippen LogP contribution in [0.5, 0.6) is 5.75 Å². The van der Waals surface area contributed by atoms with Crippen LogP contribution < -0.4 is 4.74 Å². The number of aliphatic hydroxyl groups is 1. The molecule has 0 unspecified atom stereocenters. The second kappa shape index (κ2) is 4.39. The number of hydrogen-bond acceptors (Lipinski definition) is 4. The fourth-order valence-corrected chi connectivity index (χ4v) is 1.53.